The van der Waals surface area contributed by atoms with Crippen LogP contribution in [0, 0.1) is 0 Å². The summed E-state index contributed by atoms with van der Waals surface area (Å²) in [6.45, 7) is 4.96. The van der Waals surface area contributed by atoms with Crippen LogP contribution in [0.1, 0.15) is 32.6 Å². The summed E-state index contributed by atoms with van der Waals surface area (Å²) in [5, 5.41) is 2.96. The highest BCUT2D eigenvalue weighted by Crippen LogP contribution is 2.18. The zero-order valence-corrected chi connectivity index (χ0v) is 11.7. The van der Waals surface area contributed by atoms with Crippen LogP contribution in [0.15, 0.2) is 0 Å². The van der Waals surface area contributed by atoms with E-state index >= 15 is 0 Å². The molecule has 1 saturated heterocycles. The van der Waals surface area contributed by atoms with Gasteiger partial charge in [-0.2, -0.15) is 0 Å². The molecule has 0 aromatic carbocycles. The Hall–Kier alpha value is -0.650. The molecule has 3 N–H and O–H groups in total. The van der Waals surface area contributed by atoms with Gasteiger partial charge in [0.05, 0.1) is 6.04 Å². The van der Waals surface area contributed by atoms with Crippen molar-refractivity contribution in [3.63, 3.8) is 0 Å². The van der Waals surface area contributed by atoms with Crippen molar-refractivity contribution in [3.8, 4) is 0 Å². The molecule has 0 saturated carbocycles. The number of piperidine rings is 1. The second-order valence-corrected chi connectivity index (χ2v) is 4.94. The monoisotopic (exact) mass is 257 g/mol. The van der Waals surface area contributed by atoms with Gasteiger partial charge in [-0.1, -0.05) is 6.42 Å². The minimum Gasteiger partial charge on any atom is -0.385 e. The number of amides is 1. The summed E-state index contributed by atoms with van der Waals surface area (Å²) < 4.78 is 4.96. The molecule has 1 fully saturated rings. The average Bonchev–Trinajstić information content (AvgIpc) is 2.42. The molecule has 0 radical (unpaired) electrons. The average molecular weight is 257 g/mol. The van der Waals surface area contributed by atoms with Crippen LogP contribution in [-0.2, 0) is 9.53 Å². The molecule has 1 heterocycles. The van der Waals surface area contributed by atoms with Gasteiger partial charge in [-0.15, -0.1) is 0 Å². The fourth-order valence-electron chi connectivity index (χ4n) is 2.51. The summed E-state index contributed by atoms with van der Waals surface area (Å²) in [6, 6.07) is 0.278. The molecule has 0 bridgehead atoms. The number of carbonyl (C=O) groups is 1. The van der Waals surface area contributed by atoms with Gasteiger partial charge in [-0.25, -0.2) is 0 Å². The van der Waals surface area contributed by atoms with Crippen LogP contribution in [0.25, 0.3) is 0 Å². The van der Waals surface area contributed by atoms with E-state index in [0.717, 1.165) is 25.8 Å². The molecule has 2 unspecified atom stereocenters. The van der Waals surface area contributed by atoms with Crippen LogP contribution in [0.3, 0.4) is 0 Å². The van der Waals surface area contributed by atoms with Crippen molar-refractivity contribution >= 4 is 5.91 Å². The van der Waals surface area contributed by atoms with Crippen molar-refractivity contribution in [2.45, 2.75) is 44.7 Å². The predicted octanol–water partition coefficient (Wildman–Crippen LogP) is 0.341. The standard InChI is InChI=1S/C13H27N3O2/c1-11(13(17)15-7-5-9-18-2)16-8-4-3-6-12(16)10-14/h11-12H,3-10,14H2,1-2H3,(H,15,17). The van der Waals surface area contributed by atoms with Crippen molar-refractivity contribution in [1.29, 1.82) is 0 Å². The molecule has 1 aliphatic heterocycles. The quantitative estimate of drug-likeness (QED) is 0.645. The van der Waals surface area contributed by atoms with E-state index in [9.17, 15) is 4.79 Å². The zero-order chi connectivity index (χ0) is 13.4. The van der Waals surface area contributed by atoms with Gasteiger partial charge in [0.1, 0.15) is 0 Å². The maximum atomic E-state index is 12.0. The fraction of sp³-hybridized carbons (Fsp3) is 0.923. The van der Waals surface area contributed by atoms with E-state index in [0.29, 0.717) is 25.7 Å². The Morgan fingerprint density at radius 2 is 2.33 bits per heavy atom. The van der Waals surface area contributed by atoms with Gasteiger partial charge in [0.15, 0.2) is 0 Å². The molecule has 18 heavy (non-hydrogen) atoms. The van der Waals surface area contributed by atoms with Crippen molar-refractivity contribution in [2.75, 3.05) is 33.4 Å². The lowest BCUT2D eigenvalue weighted by atomic mass is 10.00. The first-order valence-corrected chi connectivity index (χ1v) is 6.93. The third kappa shape index (κ3) is 4.55. The summed E-state index contributed by atoms with van der Waals surface area (Å²) >= 11 is 0. The predicted molar refractivity (Wildman–Crippen MR) is 72.4 cm³/mol. The molecule has 1 rings (SSSR count). The molecule has 2 atom stereocenters. The molecule has 0 aromatic rings. The highest BCUT2D eigenvalue weighted by molar-refractivity contribution is 5.81. The number of ether oxygens (including phenoxy) is 1. The molecular weight excluding hydrogens is 230 g/mol. The largest absolute Gasteiger partial charge is 0.385 e. The maximum Gasteiger partial charge on any atom is 0.237 e. The smallest absolute Gasteiger partial charge is 0.237 e. The van der Waals surface area contributed by atoms with Crippen molar-refractivity contribution in [3.05, 3.63) is 0 Å². The normalized spacial score (nSPS) is 22.7. The molecule has 0 aromatic heterocycles. The van der Waals surface area contributed by atoms with E-state index in [1.165, 1.54) is 6.42 Å². The topological polar surface area (TPSA) is 67.6 Å². The van der Waals surface area contributed by atoms with Crippen LogP contribution >= 0.6 is 0 Å². The second kappa shape index (κ2) is 8.45. The van der Waals surface area contributed by atoms with E-state index in [4.69, 9.17) is 10.5 Å². The summed E-state index contributed by atoms with van der Waals surface area (Å²) in [7, 11) is 1.67. The number of methoxy groups -OCH3 is 1. The first-order valence-electron chi connectivity index (χ1n) is 6.93. The van der Waals surface area contributed by atoms with Gasteiger partial charge >= 0.3 is 0 Å². The van der Waals surface area contributed by atoms with Gasteiger partial charge in [0.2, 0.25) is 5.91 Å². The van der Waals surface area contributed by atoms with Crippen LogP contribution in [0.4, 0.5) is 0 Å². The SMILES string of the molecule is COCCCNC(=O)C(C)N1CCCCC1CN. The van der Waals surface area contributed by atoms with E-state index in [1.54, 1.807) is 7.11 Å². The number of rotatable bonds is 7. The lowest BCUT2D eigenvalue weighted by molar-refractivity contribution is -0.127. The van der Waals surface area contributed by atoms with Crippen molar-refractivity contribution < 1.29 is 9.53 Å². The third-order valence-corrected chi connectivity index (χ3v) is 3.65. The molecule has 1 aliphatic rings. The third-order valence-electron chi connectivity index (χ3n) is 3.65. The number of likely N-dealkylation sites (tertiary alicyclic amines) is 1. The number of carbonyl (C=O) groups excluding carboxylic acids is 1. The Morgan fingerprint density at radius 3 is 3.00 bits per heavy atom. The van der Waals surface area contributed by atoms with E-state index in [-0.39, 0.29) is 11.9 Å². The van der Waals surface area contributed by atoms with E-state index < -0.39 is 0 Å². The molecule has 5 heteroatoms. The summed E-state index contributed by atoms with van der Waals surface area (Å²) in [5.74, 6) is 0.103. The summed E-state index contributed by atoms with van der Waals surface area (Å²) in [5.41, 5.74) is 5.78. The van der Waals surface area contributed by atoms with Gasteiger partial charge in [0.25, 0.3) is 0 Å². The van der Waals surface area contributed by atoms with Gasteiger partial charge in [0, 0.05) is 32.8 Å². The second-order valence-electron chi connectivity index (χ2n) is 4.94. The minimum absolute atomic E-state index is 0.0820. The number of nitrogens with two attached hydrogens (primary N) is 1. The van der Waals surface area contributed by atoms with Crippen molar-refractivity contribution in [1.82, 2.24) is 10.2 Å². The maximum absolute atomic E-state index is 12.0. The van der Waals surface area contributed by atoms with Gasteiger partial charge in [-0.05, 0) is 32.7 Å². The Kier molecular flexibility index (Phi) is 7.23. The van der Waals surface area contributed by atoms with Crippen LogP contribution in [-0.4, -0.2) is 56.2 Å². The summed E-state index contributed by atoms with van der Waals surface area (Å²) in [4.78, 5) is 14.3. The minimum atomic E-state index is -0.0820. The zero-order valence-electron chi connectivity index (χ0n) is 11.7. The van der Waals surface area contributed by atoms with E-state index in [1.807, 2.05) is 6.92 Å². The molecule has 1 amide bonds. The number of nitrogens with one attached hydrogen (secondary N) is 1. The van der Waals surface area contributed by atoms with Crippen LogP contribution < -0.4 is 11.1 Å². The number of hydrogen-bond donors (Lipinski definition) is 2. The highest BCUT2D eigenvalue weighted by Gasteiger charge is 2.29. The highest BCUT2D eigenvalue weighted by atomic mass is 16.5. The van der Waals surface area contributed by atoms with Crippen LogP contribution in [0.5, 0.6) is 0 Å². The lowest BCUT2D eigenvalue weighted by Crippen LogP contribution is -2.54. The summed E-state index contributed by atoms with van der Waals surface area (Å²) in [6.07, 6.45) is 4.35. The first-order chi connectivity index (χ1) is 8.70. The van der Waals surface area contributed by atoms with Gasteiger partial charge < -0.3 is 15.8 Å². The van der Waals surface area contributed by atoms with Gasteiger partial charge in [-0.3, -0.25) is 9.69 Å². The lowest BCUT2D eigenvalue weighted by Gasteiger charge is -2.38. The Morgan fingerprint density at radius 1 is 1.56 bits per heavy atom. The number of nitrogens with zero attached hydrogens (tertiary/aromatic N) is 1. The molecule has 106 valence electrons. The van der Waals surface area contributed by atoms with Crippen LogP contribution in [0.2, 0.25) is 0 Å². The Bertz CT molecular complexity index is 248. The molecular formula is C13H27N3O2. The number of hydrogen-bond acceptors (Lipinski definition) is 4. The molecule has 0 spiro atoms. The fourth-order valence-corrected chi connectivity index (χ4v) is 2.51. The Balaban J connectivity index is 2.36. The molecule has 0 aliphatic carbocycles. The van der Waals surface area contributed by atoms with Crippen molar-refractivity contribution in [2.24, 2.45) is 5.73 Å². The first kappa shape index (κ1) is 15.4. The molecule has 5 nitrogen and oxygen atoms in total. The van der Waals surface area contributed by atoms with E-state index in [2.05, 4.69) is 10.2 Å². The Labute approximate surface area is 110 Å².